The van der Waals surface area contributed by atoms with Crippen LogP contribution in [0.2, 0.25) is 0 Å². The summed E-state index contributed by atoms with van der Waals surface area (Å²) < 4.78 is 17.2. The van der Waals surface area contributed by atoms with Crippen LogP contribution in [0.3, 0.4) is 0 Å². The molecule has 1 aromatic heterocycles. The van der Waals surface area contributed by atoms with Gasteiger partial charge in [-0.15, -0.1) is 0 Å². The van der Waals surface area contributed by atoms with Gasteiger partial charge >= 0.3 is 5.63 Å². The first-order valence-corrected chi connectivity index (χ1v) is 11.4. The number of nitrogens with zero attached hydrogens (tertiary/aromatic N) is 2. The van der Waals surface area contributed by atoms with Crippen LogP contribution >= 0.6 is 0 Å². The van der Waals surface area contributed by atoms with Gasteiger partial charge in [0.05, 0.1) is 18.2 Å². The molecule has 0 unspecified atom stereocenters. The summed E-state index contributed by atoms with van der Waals surface area (Å²) in [6, 6.07) is 12.6. The maximum Gasteiger partial charge on any atom is 0.345 e. The maximum absolute atomic E-state index is 14.7. The molecule has 35 heavy (non-hydrogen) atoms. The van der Waals surface area contributed by atoms with Gasteiger partial charge in [-0.25, -0.2) is 4.79 Å². The van der Waals surface area contributed by atoms with Gasteiger partial charge in [0.2, 0.25) is 11.8 Å². The lowest BCUT2D eigenvalue weighted by Crippen LogP contribution is -2.55. The van der Waals surface area contributed by atoms with Gasteiger partial charge in [0.1, 0.15) is 28.5 Å². The summed E-state index contributed by atoms with van der Waals surface area (Å²) in [7, 11) is 1.54. The summed E-state index contributed by atoms with van der Waals surface area (Å²) in [6.07, 6.45) is 0.686. The van der Waals surface area contributed by atoms with Crippen molar-refractivity contribution < 1.29 is 18.7 Å². The molecule has 0 radical (unpaired) electrons. The van der Waals surface area contributed by atoms with Crippen molar-refractivity contribution in [1.29, 1.82) is 5.26 Å². The van der Waals surface area contributed by atoms with E-state index in [9.17, 15) is 14.9 Å². The van der Waals surface area contributed by atoms with E-state index in [-0.39, 0.29) is 28.7 Å². The van der Waals surface area contributed by atoms with Gasteiger partial charge in [0.25, 0.3) is 0 Å². The van der Waals surface area contributed by atoms with E-state index in [1.807, 2.05) is 19.9 Å². The van der Waals surface area contributed by atoms with Crippen molar-refractivity contribution >= 4 is 22.6 Å². The monoisotopic (exact) mass is 469 g/mol. The fourth-order valence-electron chi connectivity index (χ4n) is 6.21. The first-order valence-electron chi connectivity index (χ1n) is 11.4. The van der Waals surface area contributed by atoms with Crippen molar-refractivity contribution in [2.24, 2.45) is 5.73 Å². The van der Waals surface area contributed by atoms with Crippen LogP contribution in [0, 0.1) is 11.3 Å². The Balaban J connectivity index is 1.86. The van der Waals surface area contributed by atoms with E-state index in [1.165, 1.54) is 0 Å². The Morgan fingerprint density at radius 1 is 1.23 bits per heavy atom. The average Bonchev–Trinajstić information content (AvgIpc) is 3.07. The number of rotatable bonds is 1. The number of benzene rings is 2. The predicted octanol–water partition coefficient (Wildman–Crippen LogP) is 3.81. The Kier molecular flexibility index (Phi) is 4.05. The summed E-state index contributed by atoms with van der Waals surface area (Å²) in [6.45, 7) is 6.07. The predicted molar refractivity (Wildman–Crippen MR) is 128 cm³/mol. The summed E-state index contributed by atoms with van der Waals surface area (Å²) in [5, 5.41) is 10.8. The van der Waals surface area contributed by atoms with Crippen LogP contribution in [-0.2, 0) is 10.2 Å². The van der Waals surface area contributed by atoms with Crippen LogP contribution in [0.5, 0.6) is 11.5 Å². The van der Waals surface area contributed by atoms with Gasteiger partial charge in [0.15, 0.2) is 11.2 Å². The minimum absolute atomic E-state index is 0.0414. The smallest absolute Gasteiger partial charge is 0.345 e. The highest BCUT2D eigenvalue weighted by atomic mass is 16.5. The normalized spacial score (nSPS) is 23.7. The zero-order valence-corrected chi connectivity index (χ0v) is 19.8. The fraction of sp³-hybridized carbons (Fsp3) is 0.296. The maximum atomic E-state index is 14.7. The number of fused-ring (bicyclic) bond motifs is 5. The molecule has 0 bridgehead atoms. The highest BCUT2D eigenvalue weighted by molar-refractivity contribution is 6.16. The van der Waals surface area contributed by atoms with Gasteiger partial charge < -0.3 is 24.5 Å². The molecule has 1 amide bonds. The van der Waals surface area contributed by atoms with Gasteiger partial charge in [-0.3, -0.25) is 4.79 Å². The topological polar surface area (TPSA) is 119 Å². The zero-order valence-electron chi connectivity index (χ0n) is 19.8. The largest absolute Gasteiger partial charge is 0.497 e. The number of carbonyl (C=O) groups excluding carboxylic acids is 1. The van der Waals surface area contributed by atoms with Crippen LogP contribution in [0.4, 0.5) is 5.69 Å². The molecule has 0 fully saturated rings. The SMILES string of the molecule is COc1cc2c3c(c1)[C@]1(C(=O)N3C(C)(C)C[C@H]2C)C(C#N)=C(N)Oc2c1c(=O)oc1ccccc21. The van der Waals surface area contributed by atoms with E-state index in [2.05, 4.69) is 13.0 Å². The number of hydrogen-bond acceptors (Lipinski definition) is 7. The third-order valence-electron chi connectivity index (χ3n) is 7.53. The van der Waals surface area contributed by atoms with Crippen LogP contribution in [0.25, 0.3) is 11.0 Å². The molecule has 6 rings (SSSR count). The molecular formula is C27H23N3O5. The van der Waals surface area contributed by atoms with Gasteiger partial charge in [-0.05, 0) is 56.0 Å². The molecular weight excluding hydrogens is 446 g/mol. The fourth-order valence-corrected chi connectivity index (χ4v) is 6.21. The van der Waals surface area contributed by atoms with Crippen molar-refractivity contribution in [3.63, 3.8) is 0 Å². The molecule has 3 aliphatic heterocycles. The van der Waals surface area contributed by atoms with Crippen LogP contribution in [-0.4, -0.2) is 18.6 Å². The van der Waals surface area contributed by atoms with E-state index in [0.29, 0.717) is 34.4 Å². The number of para-hydroxylation sites is 1. The molecule has 2 N–H and O–H groups in total. The van der Waals surface area contributed by atoms with E-state index in [4.69, 9.17) is 19.6 Å². The van der Waals surface area contributed by atoms with E-state index in [0.717, 1.165) is 5.56 Å². The Morgan fingerprint density at radius 3 is 2.69 bits per heavy atom. The second-order valence-electron chi connectivity index (χ2n) is 9.96. The third kappa shape index (κ3) is 2.40. The molecule has 2 atom stereocenters. The molecule has 2 aromatic carbocycles. The third-order valence-corrected chi connectivity index (χ3v) is 7.53. The number of methoxy groups -OCH3 is 1. The van der Waals surface area contributed by atoms with E-state index < -0.39 is 22.5 Å². The molecule has 0 saturated carbocycles. The summed E-state index contributed by atoms with van der Waals surface area (Å²) in [4.78, 5) is 30.0. The molecule has 0 aliphatic carbocycles. The highest BCUT2D eigenvalue weighted by Crippen LogP contribution is 2.61. The molecule has 176 valence electrons. The second-order valence-corrected chi connectivity index (χ2v) is 9.96. The number of hydrogen-bond donors (Lipinski definition) is 1. The lowest BCUT2D eigenvalue weighted by atomic mass is 9.68. The molecule has 8 heteroatoms. The Hall–Kier alpha value is -4.25. The Morgan fingerprint density at radius 2 is 1.97 bits per heavy atom. The number of anilines is 1. The number of carbonyl (C=O) groups is 1. The quantitative estimate of drug-likeness (QED) is 0.538. The van der Waals surface area contributed by atoms with Crippen molar-refractivity contribution in [3.8, 4) is 17.6 Å². The first-order chi connectivity index (χ1) is 16.7. The Labute approximate surface area is 201 Å². The molecule has 3 aliphatic rings. The van der Waals surface area contributed by atoms with Gasteiger partial charge in [-0.1, -0.05) is 19.1 Å². The molecule has 4 heterocycles. The van der Waals surface area contributed by atoms with Crippen LogP contribution in [0.15, 0.2) is 57.1 Å². The minimum Gasteiger partial charge on any atom is -0.497 e. The van der Waals surface area contributed by atoms with Crippen LogP contribution in [0.1, 0.15) is 49.8 Å². The van der Waals surface area contributed by atoms with Crippen molar-refractivity contribution in [2.45, 2.75) is 44.1 Å². The lowest BCUT2D eigenvalue weighted by molar-refractivity contribution is -0.122. The number of ether oxygens (including phenoxy) is 2. The summed E-state index contributed by atoms with van der Waals surface area (Å²) >= 11 is 0. The van der Waals surface area contributed by atoms with Crippen LogP contribution < -0.4 is 25.7 Å². The number of amides is 1. The molecule has 1 spiro atoms. The highest BCUT2D eigenvalue weighted by Gasteiger charge is 2.65. The Bertz CT molecular complexity index is 1610. The average molecular weight is 469 g/mol. The first kappa shape index (κ1) is 21.3. The van der Waals surface area contributed by atoms with Gasteiger partial charge in [0, 0.05) is 11.1 Å². The molecule has 8 nitrogen and oxygen atoms in total. The standard InChI is InChI=1S/C27H23N3O5/c1-13-11-26(2,3)30-21-16(13)9-14(33-4)10-17(21)27(25(30)32)18(12-28)23(29)35-22-15-7-5-6-8-19(15)34-24(31)20(22)27/h5-10,13H,11,29H2,1-4H3/t13-,27+/m1/s1. The summed E-state index contributed by atoms with van der Waals surface area (Å²) in [5.41, 5.74) is 5.36. The molecule has 3 aromatic rings. The number of nitriles is 1. The van der Waals surface area contributed by atoms with Crippen molar-refractivity contribution in [3.05, 3.63) is 75.0 Å². The van der Waals surface area contributed by atoms with Crippen molar-refractivity contribution in [2.75, 3.05) is 12.0 Å². The van der Waals surface area contributed by atoms with E-state index >= 15 is 0 Å². The van der Waals surface area contributed by atoms with Crippen molar-refractivity contribution in [1.82, 2.24) is 0 Å². The zero-order chi connectivity index (χ0) is 24.9. The lowest BCUT2D eigenvalue weighted by Gasteiger charge is -2.44. The minimum atomic E-state index is -1.82. The molecule has 0 saturated heterocycles. The summed E-state index contributed by atoms with van der Waals surface area (Å²) in [5.74, 6) is 0.113. The van der Waals surface area contributed by atoms with Gasteiger partial charge in [-0.2, -0.15) is 5.26 Å². The van der Waals surface area contributed by atoms with E-state index in [1.54, 1.807) is 42.3 Å². The second kappa shape index (κ2) is 6.66. The number of nitrogens with two attached hydrogens (primary N) is 1.